The van der Waals surface area contributed by atoms with Crippen LogP contribution in [-0.4, -0.2) is 17.1 Å². The lowest BCUT2D eigenvalue weighted by Gasteiger charge is -2.07. The van der Waals surface area contributed by atoms with E-state index in [9.17, 15) is 0 Å². The Hall–Kier alpha value is -0.170. The molecule has 0 N–H and O–H groups in total. The molecule has 2 heterocycles. The molecule has 0 aliphatic rings. The molecule has 0 saturated heterocycles. The summed E-state index contributed by atoms with van der Waals surface area (Å²) in [5.41, 5.74) is 0.863. The van der Waals surface area contributed by atoms with Crippen molar-refractivity contribution < 1.29 is 4.74 Å². The maximum absolute atomic E-state index is 6.39. The molecule has 2 aromatic rings. The van der Waals surface area contributed by atoms with E-state index in [4.69, 9.17) is 16.3 Å². The largest absolute Gasteiger partial charge is 0.481 e. The summed E-state index contributed by atoms with van der Waals surface area (Å²) in [6, 6.07) is 3.82. The highest BCUT2D eigenvalue weighted by atomic mass is 79.9. The second kappa shape index (κ2) is 6.32. The average Bonchev–Trinajstić information content (AvgIpc) is 2.70. The van der Waals surface area contributed by atoms with Gasteiger partial charge in [-0.05, 0) is 37.9 Å². The Balaban J connectivity index is 2.13. The summed E-state index contributed by atoms with van der Waals surface area (Å²) in [4.78, 5) is 9.25. The third-order valence-corrected chi connectivity index (χ3v) is 6.16. The summed E-state index contributed by atoms with van der Waals surface area (Å²) in [5, 5.41) is -0.114. The molecule has 0 fully saturated rings. The number of thiophene rings is 1. The fourth-order valence-electron chi connectivity index (χ4n) is 1.40. The van der Waals surface area contributed by atoms with E-state index in [0.717, 1.165) is 18.8 Å². The van der Waals surface area contributed by atoms with Crippen molar-refractivity contribution in [2.45, 2.75) is 11.8 Å². The van der Waals surface area contributed by atoms with Crippen molar-refractivity contribution in [3.8, 4) is 5.88 Å². The molecule has 1 atom stereocenters. The minimum atomic E-state index is -0.114. The monoisotopic (exact) mass is 410 g/mol. The summed E-state index contributed by atoms with van der Waals surface area (Å²) < 4.78 is 7.13. The number of hydrogen-bond acceptors (Lipinski definition) is 4. The predicted molar refractivity (Wildman–Crippen MR) is 80.6 cm³/mol. The molecule has 18 heavy (non-hydrogen) atoms. The molecule has 0 saturated carbocycles. The quantitative estimate of drug-likeness (QED) is 0.689. The van der Waals surface area contributed by atoms with Crippen LogP contribution in [0, 0.1) is 0 Å². The number of hydrogen-bond donors (Lipinski definition) is 0. The highest BCUT2D eigenvalue weighted by Gasteiger charge is 2.15. The van der Waals surface area contributed by atoms with Crippen LogP contribution in [0.15, 0.2) is 26.7 Å². The standard InChI is InChI=1S/C11H9Br2ClN2OS/c1-17-10-3-6(15-5-16-10)2-8(14)9-4-7(12)11(13)18-9/h3-5,8H,2H2,1H3. The summed E-state index contributed by atoms with van der Waals surface area (Å²) in [6.07, 6.45) is 2.12. The van der Waals surface area contributed by atoms with Gasteiger partial charge >= 0.3 is 0 Å². The first-order valence-electron chi connectivity index (χ1n) is 5.04. The molecule has 0 aliphatic heterocycles. The van der Waals surface area contributed by atoms with Gasteiger partial charge in [0, 0.05) is 27.5 Å². The van der Waals surface area contributed by atoms with Crippen molar-refractivity contribution >= 4 is 54.8 Å². The van der Waals surface area contributed by atoms with E-state index < -0.39 is 0 Å². The second-order valence-electron chi connectivity index (χ2n) is 3.49. The average molecular weight is 413 g/mol. The Morgan fingerprint density at radius 3 is 2.78 bits per heavy atom. The van der Waals surface area contributed by atoms with Gasteiger partial charge in [-0.3, -0.25) is 0 Å². The lowest BCUT2D eigenvalue weighted by Crippen LogP contribution is -1.98. The Kier molecular flexibility index (Phi) is 5.00. The van der Waals surface area contributed by atoms with Crippen LogP contribution in [0.2, 0.25) is 0 Å². The molecule has 2 aromatic heterocycles. The molecule has 1 unspecified atom stereocenters. The zero-order valence-corrected chi connectivity index (χ0v) is 14.1. The van der Waals surface area contributed by atoms with Gasteiger partial charge in [0.1, 0.15) is 6.33 Å². The molecule has 2 rings (SSSR count). The van der Waals surface area contributed by atoms with Crippen LogP contribution in [0.4, 0.5) is 0 Å². The number of halogens is 3. The van der Waals surface area contributed by atoms with Crippen LogP contribution in [0.5, 0.6) is 5.88 Å². The molecule has 0 aliphatic carbocycles. The Morgan fingerprint density at radius 1 is 1.39 bits per heavy atom. The Morgan fingerprint density at radius 2 is 2.17 bits per heavy atom. The minimum Gasteiger partial charge on any atom is -0.481 e. The fourth-order valence-corrected chi connectivity index (χ4v) is 3.82. The molecule has 0 bridgehead atoms. The number of rotatable bonds is 4. The highest BCUT2D eigenvalue weighted by Crippen LogP contribution is 2.38. The van der Waals surface area contributed by atoms with Gasteiger partial charge in [-0.2, -0.15) is 0 Å². The normalized spacial score (nSPS) is 12.4. The molecule has 0 amide bonds. The van der Waals surface area contributed by atoms with Crippen LogP contribution < -0.4 is 4.74 Å². The second-order valence-corrected chi connectivity index (χ2v) is 7.28. The van der Waals surface area contributed by atoms with Crippen molar-refractivity contribution in [3.63, 3.8) is 0 Å². The van der Waals surface area contributed by atoms with Gasteiger partial charge in [-0.15, -0.1) is 22.9 Å². The van der Waals surface area contributed by atoms with E-state index in [1.54, 1.807) is 24.5 Å². The van der Waals surface area contributed by atoms with Crippen LogP contribution in [0.1, 0.15) is 15.9 Å². The van der Waals surface area contributed by atoms with Crippen molar-refractivity contribution in [1.29, 1.82) is 0 Å². The SMILES string of the molecule is COc1cc(CC(Cl)c2cc(Br)c(Br)s2)ncn1. The van der Waals surface area contributed by atoms with E-state index in [0.29, 0.717) is 12.3 Å². The first kappa shape index (κ1) is 14.2. The lowest BCUT2D eigenvalue weighted by molar-refractivity contribution is 0.396. The number of nitrogens with zero attached hydrogens (tertiary/aromatic N) is 2. The molecular weight excluding hydrogens is 403 g/mol. The van der Waals surface area contributed by atoms with E-state index >= 15 is 0 Å². The third-order valence-electron chi connectivity index (χ3n) is 2.27. The third kappa shape index (κ3) is 3.44. The zero-order valence-electron chi connectivity index (χ0n) is 9.36. The van der Waals surface area contributed by atoms with Gasteiger partial charge in [-0.1, -0.05) is 0 Å². The van der Waals surface area contributed by atoms with Gasteiger partial charge in [-0.25, -0.2) is 9.97 Å². The van der Waals surface area contributed by atoms with Crippen LogP contribution in [0.3, 0.4) is 0 Å². The van der Waals surface area contributed by atoms with Crippen molar-refractivity contribution in [2.75, 3.05) is 7.11 Å². The molecule has 0 radical (unpaired) electrons. The first-order chi connectivity index (χ1) is 8.60. The maximum Gasteiger partial charge on any atom is 0.216 e. The predicted octanol–water partition coefficient (Wildman–Crippen LogP) is 4.59. The van der Waals surface area contributed by atoms with Crippen LogP contribution in [0.25, 0.3) is 0 Å². The van der Waals surface area contributed by atoms with E-state index in [1.807, 2.05) is 6.07 Å². The zero-order chi connectivity index (χ0) is 13.1. The molecule has 7 heteroatoms. The lowest BCUT2D eigenvalue weighted by atomic mass is 10.2. The number of methoxy groups -OCH3 is 1. The van der Waals surface area contributed by atoms with E-state index in [2.05, 4.69) is 41.8 Å². The van der Waals surface area contributed by atoms with Crippen molar-refractivity contribution in [1.82, 2.24) is 9.97 Å². The van der Waals surface area contributed by atoms with E-state index in [-0.39, 0.29) is 5.38 Å². The number of ether oxygens (including phenoxy) is 1. The summed E-state index contributed by atoms with van der Waals surface area (Å²) in [6.45, 7) is 0. The maximum atomic E-state index is 6.39. The van der Waals surface area contributed by atoms with Gasteiger partial charge in [0.2, 0.25) is 5.88 Å². The Labute approximate surface area is 131 Å². The summed E-state index contributed by atoms with van der Waals surface area (Å²) in [5.74, 6) is 0.553. The topological polar surface area (TPSA) is 35.0 Å². The number of alkyl halides is 1. The smallest absolute Gasteiger partial charge is 0.216 e. The van der Waals surface area contributed by atoms with Gasteiger partial charge in [0.05, 0.1) is 16.3 Å². The van der Waals surface area contributed by atoms with Gasteiger partial charge < -0.3 is 4.74 Å². The molecule has 96 valence electrons. The molecule has 0 aromatic carbocycles. The van der Waals surface area contributed by atoms with Crippen LogP contribution in [-0.2, 0) is 6.42 Å². The van der Waals surface area contributed by atoms with Crippen molar-refractivity contribution in [2.24, 2.45) is 0 Å². The number of aromatic nitrogens is 2. The van der Waals surface area contributed by atoms with Crippen LogP contribution >= 0.6 is 54.8 Å². The molecule has 0 spiro atoms. The van der Waals surface area contributed by atoms with E-state index in [1.165, 1.54) is 6.33 Å². The fraction of sp³-hybridized carbons (Fsp3) is 0.273. The van der Waals surface area contributed by atoms with Gasteiger partial charge in [0.15, 0.2) is 0 Å². The molecule has 3 nitrogen and oxygen atoms in total. The highest BCUT2D eigenvalue weighted by molar-refractivity contribution is 9.13. The Bertz CT molecular complexity index is 530. The summed E-state index contributed by atoms with van der Waals surface area (Å²) in [7, 11) is 1.58. The van der Waals surface area contributed by atoms with Gasteiger partial charge in [0.25, 0.3) is 0 Å². The first-order valence-corrected chi connectivity index (χ1v) is 7.87. The molecular formula is C11H9Br2ClN2OS. The minimum absolute atomic E-state index is 0.114. The summed E-state index contributed by atoms with van der Waals surface area (Å²) >= 11 is 14.9. The van der Waals surface area contributed by atoms with Crippen molar-refractivity contribution in [3.05, 3.63) is 37.3 Å².